The zero-order chi connectivity index (χ0) is 14.9. The van der Waals surface area contributed by atoms with Crippen LogP contribution in [0.3, 0.4) is 0 Å². The third-order valence-corrected chi connectivity index (χ3v) is 3.89. The van der Waals surface area contributed by atoms with Crippen molar-refractivity contribution in [1.29, 1.82) is 0 Å². The summed E-state index contributed by atoms with van der Waals surface area (Å²) in [7, 11) is 1.83. The number of nitrogens with one attached hydrogen (secondary N) is 1. The van der Waals surface area contributed by atoms with Gasteiger partial charge < -0.3 is 10.4 Å². The molecular formula is C13H13BrFN3O2. The molecule has 0 saturated carbocycles. The lowest BCUT2D eigenvalue weighted by Gasteiger charge is -2.10. The fourth-order valence-electron chi connectivity index (χ4n) is 1.76. The Balaban J connectivity index is 2.21. The number of carboxylic acids is 1. The summed E-state index contributed by atoms with van der Waals surface area (Å²) in [5, 5.41) is 15.9. The Morgan fingerprint density at radius 1 is 1.55 bits per heavy atom. The maximum atomic E-state index is 14.0. The quantitative estimate of drug-likeness (QED) is 0.897. The maximum absolute atomic E-state index is 14.0. The Hall–Kier alpha value is -1.89. The van der Waals surface area contributed by atoms with Crippen LogP contribution in [0, 0.1) is 12.7 Å². The molecule has 0 aliphatic heterocycles. The molecule has 5 nitrogen and oxygen atoms in total. The molecule has 7 heteroatoms. The highest BCUT2D eigenvalue weighted by atomic mass is 79.9. The summed E-state index contributed by atoms with van der Waals surface area (Å²) >= 11 is 2.96. The largest absolute Gasteiger partial charge is 0.478 e. The molecule has 1 heterocycles. The van der Waals surface area contributed by atoms with Crippen molar-refractivity contribution in [1.82, 2.24) is 9.78 Å². The molecule has 1 aromatic heterocycles. The van der Waals surface area contributed by atoms with E-state index in [9.17, 15) is 9.18 Å². The van der Waals surface area contributed by atoms with Gasteiger partial charge in [-0.1, -0.05) is 0 Å². The minimum Gasteiger partial charge on any atom is -0.478 e. The number of aryl methyl sites for hydroxylation is 1. The Morgan fingerprint density at radius 2 is 2.25 bits per heavy atom. The monoisotopic (exact) mass is 341 g/mol. The second-order valence-corrected chi connectivity index (χ2v) is 5.12. The van der Waals surface area contributed by atoms with Crippen LogP contribution in [0.15, 0.2) is 22.8 Å². The molecule has 0 aliphatic rings. The fourth-order valence-corrected chi connectivity index (χ4v) is 2.27. The van der Waals surface area contributed by atoms with Crippen LogP contribution < -0.4 is 5.32 Å². The minimum absolute atomic E-state index is 0.0575. The Bertz CT molecular complexity index is 670. The molecule has 2 rings (SSSR count). The van der Waals surface area contributed by atoms with Gasteiger partial charge in [0.1, 0.15) is 0 Å². The molecule has 0 spiro atoms. The molecule has 1 aromatic carbocycles. The lowest BCUT2D eigenvalue weighted by molar-refractivity contribution is 0.0695. The molecule has 2 aromatic rings. The molecule has 2 N–H and O–H groups in total. The van der Waals surface area contributed by atoms with Gasteiger partial charge in [0.25, 0.3) is 0 Å². The molecule has 106 valence electrons. The first-order chi connectivity index (χ1) is 9.41. The third-order valence-electron chi connectivity index (χ3n) is 3.12. The van der Waals surface area contributed by atoms with Crippen molar-refractivity contribution in [2.24, 2.45) is 7.05 Å². The van der Waals surface area contributed by atoms with E-state index in [2.05, 4.69) is 26.3 Å². The second-order valence-electron chi connectivity index (χ2n) is 4.33. The van der Waals surface area contributed by atoms with Crippen molar-refractivity contribution >= 4 is 27.6 Å². The van der Waals surface area contributed by atoms with Crippen LogP contribution in [0.25, 0.3) is 0 Å². The van der Waals surface area contributed by atoms with E-state index in [1.165, 1.54) is 12.1 Å². The molecule has 0 bridgehead atoms. The van der Waals surface area contributed by atoms with Gasteiger partial charge >= 0.3 is 5.97 Å². The average Bonchev–Trinajstić information content (AvgIpc) is 2.71. The molecule has 0 saturated heterocycles. The van der Waals surface area contributed by atoms with E-state index in [0.717, 1.165) is 11.3 Å². The Kier molecular flexibility index (Phi) is 4.08. The van der Waals surface area contributed by atoms with E-state index in [-0.39, 0.29) is 15.7 Å². The van der Waals surface area contributed by atoms with E-state index in [0.29, 0.717) is 6.54 Å². The van der Waals surface area contributed by atoms with Gasteiger partial charge in [0.2, 0.25) is 0 Å². The number of anilines is 1. The standard InChI is InChI=1S/C13H13BrFN3O2/c1-7-8(6-17-18(7)2)5-16-10-4-3-9(13(19)20)11(14)12(10)15/h3-4,6,16H,5H2,1-2H3,(H,19,20). The average molecular weight is 342 g/mol. The molecule has 0 aliphatic carbocycles. The van der Waals surface area contributed by atoms with Gasteiger partial charge in [-0.3, -0.25) is 4.68 Å². The number of nitrogens with zero attached hydrogens (tertiary/aromatic N) is 2. The van der Waals surface area contributed by atoms with Crippen molar-refractivity contribution in [3.05, 3.63) is 45.4 Å². The van der Waals surface area contributed by atoms with Gasteiger partial charge in [0, 0.05) is 24.8 Å². The van der Waals surface area contributed by atoms with Crippen molar-refractivity contribution in [3.63, 3.8) is 0 Å². The number of aromatic nitrogens is 2. The first-order valence-corrected chi connectivity index (χ1v) is 6.63. The molecule has 0 fully saturated rings. The molecule has 0 unspecified atom stereocenters. The number of rotatable bonds is 4. The highest BCUT2D eigenvalue weighted by Gasteiger charge is 2.16. The van der Waals surface area contributed by atoms with Crippen LogP contribution in [-0.2, 0) is 13.6 Å². The second kappa shape index (κ2) is 5.62. The first kappa shape index (κ1) is 14.5. The lowest BCUT2D eigenvalue weighted by atomic mass is 10.2. The van der Waals surface area contributed by atoms with Gasteiger partial charge in [-0.15, -0.1) is 0 Å². The smallest absolute Gasteiger partial charge is 0.336 e. The SMILES string of the molecule is Cc1c(CNc2ccc(C(=O)O)c(Br)c2F)cnn1C. The summed E-state index contributed by atoms with van der Waals surface area (Å²) in [6, 6.07) is 2.77. The Labute approximate surface area is 123 Å². The van der Waals surface area contributed by atoms with Crippen LogP contribution >= 0.6 is 15.9 Å². The molecule has 0 atom stereocenters. The topological polar surface area (TPSA) is 67.2 Å². The van der Waals surface area contributed by atoms with Crippen LogP contribution in [0.4, 0.5) is 10.1 Å². The van der Waals surface area contributed by atoms with E-state index in [1.54, 1.807) is 10.9 Å². The summed E-state index contributed by atoms with van der Waals surface area (Å²) in [5.41, 5.74) is 2.07. The van der Waals surface area contributed by atoms with Gasteiger partial charge in [-0.2, -0.15) is 5.10 Å². The molecule has 0 radical (unpaired) electrons. The predicted molar refractivity (Wildman–Crippen MR) is 76.3 cm³/mol. The van der Waals surface area contributed by atoms with Crippen molar-refractivity contribution in [2.45, 2.75) is 13.5 Å². The summed E-state index contributed by atoms with van der Waals surface area (Å²) < 4.78 is 15.7. The highest BCUT2D eigenvalue weighted by Crippen LogP contribution is 2.27. The zero-order valence-corrected chi connectivity index (χ0v) is 12.5. The third kappa shape index (κ3) is 2.67. The fraction of sp³-hybridized carbons (Fsp3) is 0.231. The van der Waals surface area contributed by atoms with Crippen molar-refractivity contribution < 1.29 is 14.3 Å². The van der Waals surface area contributed by atoms with Gasteiger partial charge in [-0.25, -0.2) is 9.18 Å². The predicted octanol–water partition coefficient (Wildman–Crippen LogP) is 2.94. The summed E-state index contributed by atoms with van der Waals surface area (Å²) in [5.74, 6) is -1.79. The van der Waals surface area contributed by atoms with Gasteiger partial charge in [-0.05, 0) is 35.0 Å². The van der Waals surface area contributed by atoms with E-state index < -0.39 is 11.8 Å². The summed E-state index contributed by atoms with van der Waals surface area (Å²) in [4.78, 5) is 10.9. The zero-order valence-electron chi connectivity index (χ0n) is 10.9. The normalized spacial score (nSPS) is 10.6. The summed E-state index contributed by atoms with van der Waals surface area (Å²) in [6.07, 6.45) is 1.71. The van der Waals surface area contributed by atoms with E-state index in [1.807, 2.05) is 14.0 Å². The lowest BCUT2D eigenvalue weighted by Crippen LogP contribution is -2.06. The van der Waals surface area contributed by atoms with Crippen LogP contribution in [-0.4, -0.2) is 20.9 Å². The van der Waals surface area contributed by atoms with E-state index in [4.69, 9.17) is 5.11 Å². The highest BCUT2D eigenvalue weighted by molar-refractivity contribution is 9.10. The Morgan fingerprint density at radius 3 is 2.80 bits per heavy atom. The van der Waals surface area contributed by atoms with Gasteiger partial charge in [0.05, 0.1) is 21.9 Å². The first-order valence-electron chi connectivity index (χ1n) is 5.84. The number of aromatic carboxylic acids is 1. The van der Waals surface area contributed by atoms with E-state index >= 15 is 0 Å². The number of benzene rings is 1. The van der Waals surface area contributed by atoms with Crippen LogP contribution in [0.5, 0.6) is 0 Å². The van der Waals surface area contributed by atoms with Crippen LogP contribution in [0.1, 0.15) is 21.6 Å². The molecule has 20 heavy (non-hydrogen) atoms. The van der Waals surface area contributed by atoms with Crippen LogP contribution in [0.2, 0.25) is 0 Å². The number of carbonyl (C=O) groups is 1. The number of carboxylic acid groups (broad SMARTS) is 1. The van der Waals surface area contributed by atoms with Crippen molar-refractivity contribution in [2.75, 3.05) is 5.32 Å². The summed E-state index contributed by atoms with van der Waals surface area (Å²) in [6.45, 7) is 2.33. The van der Waals surface area contributed by atoms with Gasteiger partial charge in [0.15, 0.2) is 5.82 Å². The minimum atomic E-state index is -1.18. The maximum Gasteiger partial charge on any atom is 0.336 e. The molecular weight excluding hydrogens is 329 g/mol. The molecule has 0 amide bonds. The number of hydrogen-bond donors (Lipinski definition) is 2. The number of halogens is 2. The number of hydrogen-bond acceptors (Lipinski definition) is 3. The van der Waals surface area contributed by atoms with Crippen molar-refractivity contribution in [3.8, 4) is 0 Å².